The first-order valence-corrected chi connectivity index (χ1v) is 8.66. The number of rotatable bonds is 4. The molecule has 1 amide bonds. The molecule has 1 fully saturated rings. The van der Waals surface area contributed by atoms with Gasteiger partial charge in [-0.2, -0.15) is 8.42 Å². The van der Waals surface area contributed by atoms with Crippen molar-refractivity contribution in [3.05, 3.63) is 0 Å². The van der Waals surface area contributed by atoms with Gasteiger partial charge in [-0.25, -0.2) is 9.59 Å². The Bertz CT molecular complexity index is 537. The molecule has 0 saturated heterocycles. The van der Waals surface area contributed by atoms with E-state index in [0.29, 0.717) is 6.42 Å². The number of alkyl carbamates (subject to hydrolysis) is 1. The molecule has 2 atom stereocenters. The molecule has 0 aromatic carbocycles. The molecule has 22 heavy (non-hydrogen) atoms. The topological polar surface area (TPSA) is 108 Å². The summed E-state index contributed by atoms with van der Waals surface area (Å²) in [5, 5.41) is 2.50. The Morgan fingerprint density at radius 2 is 1.86 bits per heavy atom. The molecule has 0 spiro atoms. The second kappa shape index (κ2) is 6.41. The first-order valence-electron chi connectivity index (χ1n) is 6.85. The fourth-order valence-corrected chi connectivity index (χ4v) is 3.03. The number of methoxy groups -OCH3 is 1. The van der Waals surface area contributed by atoms with Crippen LogP contribution in [0.25, 0.3) is 0 Å². The van der Waals surface area contributed by atoms with Gasteiger partial charge in [0.25, 0.3) is 10.1 Å². The zero-order chi connectivity index (χ0) is 17.2. The Kier molecular flexibility index (Phi) is 5.45. The molecule has 0 heterocycles. The average Bonchev–Trinajstić information content (AvgIpc) is 2.67. The van der Waals surface area contributed by atoms with Crippen molar-refractivity contribution in [3.63, 3.8) is 0 Å². The zero-order valence-corrected chi connectivity index (χ0v) is 14.3. The van der Waals surface area contributed by atoms with E-state index < -0.39 is 39.4 Å². The number of hydrogen-bond donors (Lipinski definition) is 1. The van der Waals surface area contributed by atoms with Crippen molar-refractivity contribution in [1.82, 2.24) is 5.32 Å². The van der Waals surface area contributed by atoms with Crippen LogP contribution < -0.4 is 5.32 Å². The van der Waals surface area contributed by atoms with E-state index in [-0.39, 0.29) is 12.8 Å². The van der Waals surface area contributed by atoms with Gasteiger partial charge in [0, 0.05) is 6.42 Å². The summed E-state index contributed by atoms with van der Waals surface area (Å²) in [5.41, 5.74) is -2.06. The predicted octanol–water partition coefficient (Wildman–Crippen LogP) is 0.952. The molecule has 8 nitrogen and oxygen atoms in total. The lowest BCUT2D eigenvalue weighted by molar-refractivity contribution is -0.148. The van der Waals surface area contributed by atoms with Gasteiger partial charge in [-0.05, 0) is 33.6 Å². The van der Waals surface area contributed by atoms with Gasteiger partial charge < -0.3 is 14.8 Å². The molecule has 1 aliphatic rings. The summed E-state index contributed by atoms with van der Waals surface area (Å²) in [6.45, 7) is 5.09. The maximum Gasteiger partial charge on any atom is 0.408 e. The summed E-state index contributed by atoms with van der Waals surface area (Å²) in [6, 6.07) is 0. The Morgan fingerprint density at radius 3 is 2.32 bits per heavy atom. The lowest BCUT2D eigenvalue weighted by atomic mass is 9.98. The van der Waals surface area contributed by atoms with E-state index >= 15 is 0 Å². The highest BCUT2D eigenvalue weighted by Gasteiger charge is 2.49. The van der Waals surface area contributed by atoms with Crippen LogP contribution in [0.3, 0.4) is 0 Å². The number of hydrogen-bond acceptors (Lipinski definition) is 7. The van der Waals surface area contributed by atoms with E-state index in [1.165, 1.54) is 7.11 Å². The predicted molar refractivity (Wildman–Crippen MR) is 77.7 cm³/mol. The highest BCUT2D eigenvalue weighted by atomic mass is 32.2. The SMILES string of the molecule is COC(=O)C1(NC(=O)OC(C)(C)C)CCC(OS(C)(=O)=O)C1. The van der Waals surface area contributed by atoms with E-state index in [0.717, 1.165) is 6.26 Å². The summed E-state index contributed by atoms with van der Waals surface area (Å²) in [5.74, 6) is -0.655. The Labute approximate surface area is 130 Å². The molecule has 0 bridgehead atoms. The molecule has 1 saturated carbocycles. The number of carbonyl (C=O) groups excluding carboxylic acids is 2. The Hall–Kier alpha value is -1.35. The van der Waals surface area contributed by atoms with E-state index in [4.69, 9.17) is 13.7 Å². The molecule has 128 valence electrons. The van der Waals surface area contributed by atoms with E-state index in [9.17, 15) is 18.0 Å². The zero-order valence-electron chi connectivity index (χ0n) is 13.5. The van der Waals surface area contributed by atoms with Crippen LogP contribution in [-0.2, 0) is 28.6 Å². The van der Waals surface area contributed by atoms with E-state index in [1.807, 2.05) is 0 Å². The molecule has 9 heteroatoms. The van der Waals surface area contributed by atoms with Crippen LogP contribution in [0.4, 0.5) is 4.79 Å². The van der Waals surface area contributed by atoms with Crippen molar-refractivity contribution in [3.8, 4) is 0 Å². The molecule has 0 aromatic rings. The van der Waals surface area contributed by atoms with Crippen LogP contribution in [0.2, 0.25) is 0 Å². The van der Waals surface area contributed by atoms with Gasteiger partial charge in [0.05, 0.1) is 19.5 Å². The lowest BCUT2D eigenvalue weighted by Gasteiger charge is -2.29. The van der Waals surface area contributed by atoms with Gasteiger partial charge in [-0.15, -0.1) is 0 Å². The van der Waals surface area contributed by atoms with Gasteiger partial charge in [0.1, 0.15) is 11.1 Å². The summed E-state index contributed by atoms with van der Waals surface area (Å²) < 4.78 is 37.2. The lowest BCUT2D eigenvalue weighted by Crippen LogP contribution is -2.54. The number of carbonyl (C=O) groups is 2. The number of esters is 1. The quantitative estimate of drug-likeness (QED) is 0.601. The molecule has 1 rings (SSSR count). The van der Waals surface area contributed by atoms with Crippen LogP contribution in [0.15, 0.2) is 0 Å². The minimum absolute atomic E-state index is 0.00594. The number of nitrogens with one attached hydrogen (secondary N) is 1. The van der Waals surface area contributed by atoms with Gasteiger partial charge in [-0.1, -0.05) is 0 Å². The van der Waals surface area contributed by atoms with E-state index in [1.54, 1.807) is 20.8 Å². The van der Waals surface area contributed by atoms with Crippen molar-refractivity contribution >= 4 is 22.2 Å². The first kappa shape index (κ1) is 18.7. The van der Waals surface area contributed by atoms with Gasteiger partial charge in [0.15, 0.2) is 0 Å². The number of ether oxygens (including phenoxy) is 2. The minimum atomic E-state index is -3.64. The third-order valence-electron chi connectivity index (χ3n) is 3.10. The first-order chi connectivity index (χ1) is 9.87. The standard InChI is InChI=1S/C13H23NO7S/c1-12(2,3)20-11(16)14-13(10(15)19-4)7-6-9(8-13)21-22(5,17)18/h9H,6-8H2,1-5H3,(H,14,16). The molecule has 0 aliphatic heterocycles. The smallest absolute Gasteiger partial charge is 0.408 e. The van der Waals surface area contributed by atoms with E-state index in [2.05, 4.69) is 5.32 Å². The van der Waals surface area contributed by atoms with Gasteiger partial charge in [-0.3, -0.25) is 4.18 Å². The van der Waals surface area contributed by atoms with Gasteiger partial charge >= 0.3 is 12.1 Å². The van der Waals surface area contributed by atoms with Crippen molar-refractivity contribution in [2.24, 2.45) is 0 Å². The second-order valence-electron chi connectivity index (χ2n) is 6.37. The maximum atomic E-state index is 12.1. The second-order valence-corrected chi connectivity index (χ2v) is 7.97. The normalized spacial score (nSPS) is 25.6. The summed E-state index contributed by atoms with van der Waals surface area (Å²) in [6.07, 6.45) is -0.00267. The highest BCUT2D eigenvalue weighted by Crippen LogP contribution is 2.34. The summed E-state index contributed by atoms with van der Waals surface area (Å²) in [7, 11) is -2.44. The van der Waals surface area contributed by atoms with Crippen LogP contribution in [0.1, 0.15) is 40.0 Å². The van der Waals surface area contributed by atoms with Crippen molar-refractivity contribution < 1.29 is 31.7 Å². The monoisotopic (exact) mass is 337 g/mol. The number of amides is 1. The van der Waals surface area contributed by atoms with Gasteiger partial charge in [0.2, 0.25) is 0 Å². The average molecular weight is 337 g/mol. The van der Waals surface area contributed by atoms with Crippen molar-refractivity contribution in [1.29, 1.82) is 0 Å². The maximum absolute atomic E-state index is 12.1. The molecule has 0 radical (unpaired) electrons. The molecular weight excluding hydrogens is 314 g/mol. The largest absolute Gasteiger partial charge is 0.467 e. The third kappa shape index (κ3) is 5.45. The molecule has 1 aliphatic carbocycles. The Morgan fingerprint density at radius 1 is 1.27 bits per heavy atom. The van der Waals surface area contributed by atoms with Crippen LogP contribution in [0, 0.1) is 0 Å². The van der Waals surface area contributed by atoms with Crippen molar-refractivity contribution in [2.45, 2.75) is 57.3 Å². The molecule has 0 aromatic heterocycles. The van der Waals surface area contributed by atoms with Crippen LogP contribution in [0.5, 0.6) is 0 Å². The molecule has 1 N–H and O–H groups in total. The molecular formula is C13H23NO7S. The van der Waals surface area contributed by atoms with Crippen LogP contribution >= 0.6 is 0 Å². The summed E-state index contributed by atoms with van der Waals surface area (Å²) in [4.78, 5) is 24.0. The highest BCUT2D eigenvalue weighted by molar-refractivity contribution is 7.86. The van der Waals surface area contributed by atoms with Crippen LogP contribution in [-0.4, -0.2) is 51.1 Å². The minimum Gasteiger partial charge on any atom is -0.467 e. The fraction of sp³-hybridized carbons (Fsp3) is 0.846. The third-order valence-corrected chi connectivity index (χ3v) is 3.72. The summed E-state index contributed by atoms with van der Waals surface area (Å²) >= 11 is 0. The van der Waals surface area contributed by atoms with Crippen molar-refractivity contribution in [2.75, 3.05) is 13.4 Å². The molecule has 2 unspecified atom stereocenters. The Balaban J connectivity index is 2.86. The fourth-order valence-electron chi connectivity index (χ4n) is 2.37.